The molecule has 1 aromatic carbocycles. The lowest BCUT2D eigenvalue weighted by Gasteiger charge is -2.04. The summed E-state index contributed by atoms with van der Waals surface area (Å²) in [6.45, 7) is 1.30. The Morgan fingerprint density at radius 2 is 2.05 bits per heavy atom. The van der Waals surface area contributed by atoms with Gasteiger partial charge in [0, 0.05) is 30.1 Å². The molecule has 0 aliphatic heterocycles. The smallest absolute Gasteiger partial charge is 0.220 e. The third kappa shape index (κ3) is 4.54. The third-order valence-corrected chi connectivity index (χ3v) is 3.23. The van der Waals surface area contributed by atoms with Crippen molar-refractivity contribution < 1.29 is 4.79 Å². The van der Waals surface area contributed by atoms with E-state index in [-0.39, 0.29) is 18.3 Å². The predicted molar refractivity (Wildman–Crippen MR) is 85.2 cm³/mol. The number of aryl methyl sites for hydroxylation is 1. The summed E-state index contributed by atoms with van der Waals surface area (Å²) in [6, 6.07) is 8.28. The van der Waals surface area contributed by atoms with Crippen LogP contribution in [0.15, 0.2) is 30.5 Å². The summed E-state index contributed by atoms with van der Waals surface area (Å²) in [5.41, 5.74) is 7.85. The molecule has 0 aliphatic carbocycles. The Morgan fingerprint density at radius 3 is 2.85 bits per heavy atom. The number of amides is 1. The predicted octanol–water partition coefficient (Wildman–Crippen LogP) is 2.38. The van der Waals surface area contributed by atoms with Crippen LogP contribution in [0.2, 0.25) is 0 Å². The van der Waals surface area contributed by atoms with Crippen LogP contribution in [0.25, 0.3) is 10.9 Å². The molecule has 1 amide bonds. The summed E-state index contributed by atoms with van der Waals surface area (Å²) in [7, 11) is 0. The third-order valence-electron chi connectivity index (χ3n) is 3.23. The number of carbonyl (C=O) groups is 1. The highest BCUT2D eigenvalue weighted by molar-refractivity contribution is 5.85. The van der Waals surface area contributed by atoms with Gasteiger partial charge in [-0.2, -0.15) is 0 Å². The van der Waals surface area contributed by atoms with Crippen LogP contribution in [0.5, 0.6) is 0 Å². The van der Waals surface area contributed by atoms with Crippen molar-refractivity contribution in [2.24, 2.45) is 5.73 Å². The molecule has 0 spiro atoms. The lowest BCUT2D eigenvalue weighted by molar-refractivity contribution is -0.121. The standard InChI is InChI=1S/C15H21N3O.ClH/c16-9-3-8-15(19)17-10-4-5-12-11-18-14-7-2-1-6-13(12)14;/h1-2,6-7,11,18H,3-5,8-10,16H2,(H,17,19);1H. The largest absolute Gasteiger partial charge is 0.361 e. The molecule has 0 bridgehead atoms. The van der Waals surface area contributed by atoms with Gasteiger partial charge in [0.15, 0.2) is 0 Å². The van der Waals surface area contributed by atoms with Crippen LogP contribution < -0.4 is 11.1 Å². The van der Waals surface area contributed by atoms with Crippen molar-refractivity contribution in [3.8, 4) is 0 Å². The van der Waals surface area contributed by atoms with E-state index in [1.54, 1.807) is 0 Å². The van der Waals surface area contributed by atoms with Gasteiger partial charge in [-0.05, 0) is 37.4 Å². The van der Waals surface area contributed by atoms with Crippen LogP contribution in [-0.4, -0.2) is 24.0 Å². The lowest BCUT2D eigenvalue weighted by Crippen LogP contribution is -2.25. The van der Waals surface area contributed by atoms with Crippen molar-refractivity contribution in [2.45, 2.75) is 25.7 Å². The number of carbonyl (C=O) groups excluding carboxylic acids is 1. The molecule has 20 heavy (non-hydrogen) atoms. The number of nitrogens with two attached hydrogens (primary N) is 1. The minimum absolute atomic E-state index is 0. The average molecular weight is 296 g/mol. The monoisotopic (exact) mass is 295 g/mol. The number of aromatic nitrogens is 1. The zero-order valence-corrected chi connectivity index (χ0v) is 12.3. The first-order chi connectivity index (χ1) is 9.31. The van der Waals surface area contributed by atoms with E-state index < -0.39 is 0 Å². The molecule has 0 saturated heterocycles. The van der Waals surface area contributed by atoms with Crippen LogP contribution in [-0.2, 0) is 11.2 Å². The van der Waals surface area contributed by atoms with Gasteiger partial charge < -0.3 is 16.0 Å². The van der Waals surface area contributed by atoms with Gasteiger partial charge in [-0.1, -0.05) is 18.2 Å². The Morgan fingerprint density at radius 1 is 1.25 bits per heavy atom. The molecular weight excluding hydrogens is 274 g/mol. The van der Waals surface area contributed by atoms with Gasteiger partial charge in [-0.25, -0.2) is 0 Å². The van der Waals surface area contributed by atoms with E-state index in [0.29, 0.717) is 13.0 Å². The van der Waals surface area contributed by atoms with Gasteiger partial charge in [0.05, 0.1) is 0 Å². The fraction of sp³-hybridized carbons (Fsp3) is 0.400. The fourth-order valence-electron chi connectivity index (χ4n) is 2.20. The number of H-pyrrole nitrogens is 1. The lowest BCUT2D eigenvalue weighted by atomic mass is 10.1. The van der Waals surface area contributed by atoms with E-state index in [1.165, 1.54) is 16.5 Å². The van der Waals surface area contributed by atoms with Gasteiger partial charge in [-0.15, -0.1) is 12.4 Å². The quantitative estimate of drug-likeness (QED) is 0.686. The first-order valence-corrected chi connectivity index (χ1v) is 6.83. The number of hydrogen-bond acceptors (Lipinski definition) is 2. The van der Waals surface area contributed by atoms with Gasteiger partial charge in [0.25, 0.3) is 0 Å². The van der Waals surface area contributed by atoms with E-state index in [2.05, 4.69) is 28.6 Å². The molecule has 0 aliphatic rings. The Hall–Kier alpha value is -1.52. The van der Waals surface area contributed by atoms with Crippen molar-refractivity contribution in [1.82, 2.24) is 10.3 Å². The van der Waals surface area contributed by atoms with E-state index in [1.807, 2.05) is 12.1 Å². The average Bonchev–Trinajstić information content (AvgIpc) is 2.85. The molecule has 5 heteroatoms. The molecule has 1 heterocycles. The summed E-state index contributed by atoms with van der Waals surface area (Å²) in [4.78, 5) is 14.7. The van der Waals surface area contributed by atoms with Crippen molar-refractivity contribution in [3.63, 3.8) is 0 Å². The van der Waals surface area contributed by atoms with Crippen LogP contribution in [0.4, 0.5) is 0 Å². The molecular formula is C15H22ClN3O. The maximum absolute atomic E-state index is 11.4. The van der Waals surface area contributed by atoms with Crippen molar-refractivity contribution in [3.05, 3.63) is 36.0 Å². The van der Waals surface area contributed by atoms with E-state index >= 15 is 0 Å². The molecule has 4 N–H and O–H groups in total. The topological polar surface area (TPSA) is 70.9 Å². The van der Waals surface area contributed by atoms with Gasteiger partial charge in [-0.3, -0.25) is 4.79 Å². The van der Waals surface area contributed by atoms with E-state index in [0.717, 1.165) is 25.8 Å². The van der Waals surface area contributed by atoms with Crippen molar-refractivity contribution in [1.29, 1.82) is 0 Å². The molecule has 4 nitrogen and oxygen atoms in total. The minimum Gasteiger partial charge on any atom is -0.361 e. The summed E-state index contributed by atoms with van der Waals surface area (Å²) < 4.78 is 0. The summed E-state index contributed by atoms with van der Waals surface area (Å²) in [6.07, 6.45) is 5.27. The normalized spacial score (nSPS) is 10.2. The van der Waals surface area contributed by atoms with Gasteiger partial charge >= 0.3 is 0 Å². The minimum atomic E-state index is 0. The van der Waals surface area contributed by atoms with Gasteiger partial charge in [0.2, 0.25) is 5.91 Å². The molecule has 2 rings (SSSR count). The number of rotatable bonds is 7. The van der Waals surface area contributed by atoms with Crippen LogP contribution in [0.1, 0.15) is 24.8 Å². The number of fused-ring (bicyclic) bond motifs is 1. The molecule has 1 aromatic heterocycles. The number of halogens is 1. The molecule has 2 aromatic rings. The number of aromatic amines is 1. The number of nitrogens with one attached hydrogen (secondary N) is 2. The first-order valence-electron chi connectivity index (χ1n) is 6.83. The summed E-state index contributed by atoms with van der Waals surface area (Å²) in [5, 5.41) is 4.20. The molecule has 0 unspecified atom stereocenters. The highest BCUT2D eigenvalue weighted by Gasteiger charge is 2.03. The van der Waals surface area contributed by atoms with E-state index in [9.17, 15) is 4.79 Å². The number of benzene rings is 1. The molecule has 0 fully saturated rings. The van der Waals surface area contributed by atoms with Crippen molar-refractivity contribution in [2.75, 3.05) is 13.1 Å². The second kappa shape index (κ2) is 8.61. The Balaban J connectivity index is 0.00000200. The molecule has 0 atom stereocenters. The highest BCUT2D eigenvalue weighted by Crippen LogP contribution is 2.18. The van der Waals surface area contributed by atoms with Crippen LogP contribution in [0.3, 0.4) is 0 Å². The second-order valence-corrected chi connectivity index (χ2v) is 4.71. The van der Waals surface area contributed by atoms with Gasteiger partial charge in [0.1, 0.15) is 0 Å². The highest BCUT2D eigenvalue weighted by atomic mass is 35.5. The van der Waals surface area contributed by atoms with Crippen LogP contribution in [0, 0.1) is 0 Å². The SMILES string of the molecule is Cl.NCCCC(=O)NCCCc1c[nH]c2ccccc12. The Bertz CT molecular complexity index is 539. The zero-order chi connectivity index (χ0) is 13.5. The Labute approximate surface area is 125 Å². The number of para-hydroxylation sites is 1. The first kappa shape index (κ1) is 16.5. The fourth-order valence-corrected chi connectivity index (χ4v) is 2.20. The van der Waals surface area contributed by atoms with Crippen molar-refractivity contribution >= 4 is 29.2 Å². The van der Waals surface area contributed by atoms with Crippen LogP contribution >= 0.6 is 12.4 Å². The summed E-state index contributed by atoms with van der Waals surface area (Å²) in [5.74, 6) is 0.101. The molecule has 0 radical (unpaired) electrons. The second-order valence-electron chi connectivity index (χ2n) is 4.71. The maximum atomic E-state index is 11.4. The summed E-state index contributed by atoms with van der Waals surface area (Å²) >= 11 is 0. The maximum Gasteiger partial charge on any atom is 0.220 e. The molecule has 0 saturated carbocycles. The zero-order valence-electron chi connectivity index (χ0n) is 11.5. The Kier molecular flexibility index (Phi) is 7.12. The molecule has 110 valence electrons. The number of hydrogen-bond donors (Lipinski definition) is 3. The van der Waals surface area contributed by atoms with E-state index in [4.69, 9.17) is 5.73 Å².